The molecule has 5 nitrogen and oxygen atoms in total. The molecule has 106 valence electrons. The Kier molecular flexibility index (Phi) is 4.74. The molecule has 0 aliphatic heterocycles. The third-order valence-corrected chi connectivity index (χ3v) is 3.16. The van der Waals surface area contributed by atoms with Crippen LogP contribution in [0.3, 0.4) is 0 Å². The lowest BCUT2D eigenvalue weighted by atomic mass is 10.3. The predicted molar refractivity (Wildman–Crippen MR) is 80.4 cm³/mol. The maximum atomic E-state index is 11.8. The second-order valence-corrected chi connectivity index (χ2v) is 4.96. The summed E-state index contributed by atoms with van der Waals surface area (Å²) in [6, 6.07) is 5.11. The molecule has 0 atom stereocenters. The van der Waals surface area contributed by atoms with Gasteiger partial charge in [-0.2, -0.15) is 0 Å². The SMILES string of the molecule is CCCNc1ccc(Cl)c(Cn2cnc(C)cc2=O)n1. The highest BCUT2D eigenvalue weighted by Crippen LogP contribution is 2.17. The second-order valence-electron chi connectivity index (χ2n) is 4.55. The Labute approximate surface area is 122 Å². The Morgan fingerprint density at radius 1 is 1.40 bits per heavy atom. The predicted octanol–water partition coefficient (Wildman–Crippen LogP) is 2.47. The van der Waals surface area contributed by atoms with Gasteiger partial charge < -0.3 is 5.32 Å². The van der Waals surface area contributed by atoms with Gasteiger partial charge in [0, 0.05) is 18.3 Å². The number of hydrogen-bond donors (Lipinski definition) is 1. The first-order chi connectivity index (χ1) is 9.60. The van der Waals surface area contributed by atoms with E-state index in [2.05, 4.69) is 22.2 Å². The molecule has 0 radical (unpaired) electrons. The lowest BCUT2D eigenvalue weighted by Gasteiger charge is -2.09. The van der Waals surface area contributed by atoms with Crippen LogP contribution in [0.4, 0.5) is 5.82 Å². The first kappa shape index (κ1) is 14.5. The van der Waals surface area contributed by atoms with E-state index in [0.29, 0.717) is 23.0 Å². The number of nitrogens with one attached hydrogen (secondary N) is 1. The topological polar surface area (TPSA) is 59.8 Å². The largest absolute Gasteiger partial charge is 0.370 e. The van der Waals surface area contributed by atoms with Crippen LogP contribution in [0, 0.1) is 6.92 Å². The van der Waals surface area contributed by atoms with Crippen LogP contribution < -0.4 is 10.9 Å². The molecule has 0 saturated heterocycles. The first-order valence-corrected chi connectivity index (χ1v) is 6.90. The van der Waals surface area contributed by atoms with Crippen molar-refractivity contribution in [2.45, 2.75) is 26.8 Å². The van der Waals surface area contributed by atoms with Crippen LogP contribution in [-0.4, -0.2) is 21.1 Å². The molecule has 20 heavy (non-hydrogen) atoms. The van der Waals surface area contributed by atoms with E-state index in [1.807, 2.05) is 6.07 Å². The number of aryl methyl sites for hydroxylation is 1. The molecule has 6 heteroatoms. The van der Waals surface area contributed by atoms with E-state index < -0.39 is 0 Å². The fraction of sp³-hybridized carbons (Fsp3) is 0.357. The Morgan fingerprint density at radius 3 is 2.90 bits per heavy atom. The highest BCUT2D eigenvalue weighted by Gasteiger charge is 2.06. The van der Waals surface area contributed by atoms with Crippen molar-refractivity contribution >= 4 is 17.4 Å². The average molecular weight is 293 g/mol. The van der Waals surface area contributed by atoms with Crippen LogP contribution in [0.5, 0.6) is 0 Å². The second kappa shape index (κ2) is 6.52. The molecule has 2 rings (SSSR count). The zero-order chi connectivity index (χ0) is 14.5. The number of pyridine rings is 1. The molecule has 0 bridgehead atoms. The van der Waals surface area contributed by atoms with Gasteiger partial charge in [-0.05, 0) is 25.5 Å². The van der Waals surface area contributed by atoms with E-state index in [4.69, 9.17) is 11.6 Å². The van der Waals surface area contributed by atoms with Crippen LogP contribution in [0.25, 0.3) is 0 Å². The van der Waals surface area contributed by atoms with Crippen molar-refractivity contribution in [3.8, 4) is 0 Å². The van der Waals surface area contributed by atoms with E-state index in [0.717, 1.165) is 18.8 Å². The third kappa shape index (κ3) is 3.57. The summed E-state index contributed by atoms with van der Waals surface area (Å²) in [6.45, 7) is 5.03. The Bertz CT molecular complexity index is 654. The highest BCUT2D eigenvalue weighted by molar-refractivity contribution is 6.31. The molecular formula is C14H17ClN4O. The van der Waals surface area contributed by atoms with Gasteiger partial charge >= 0.3 is 0 Å². The molecule has 0 aromatic carbocycles. The lowest BCUT2D eigenvalue weighted by Crippen LogP contribution is -2.21. The van der Waals surface area contributed by atoms with Gasteiger partial charge in [0.15, 0.2) is 0 Å². The van der Waals surface area contributed by atoms with Crippen molar-refractivity contribution in [2.75, 3.05) is 11.9 Å². The van der Waals surface area contributed by atoms with Crippen LogP contribution in [0.15, 0.2) is 29.3 Å². The van der Waals surface area contributed by atoms with Crippen molar-refractivity contribution in [1.82, 2.24) is 14.5 Å². The number of anilines is 1. The van der Waals surface area contributed by atoms with Gasteiger partial charge in [-0.3, -0.25) is 9.36 Å². The summed E-state index contributed by atoms with van der Waals surface area (Å²) in [5.41, 5.74) is 1.24. The van der Waals surface area contributed by atoms with Crippen LogP contribution in [0.2, 0.25) is 5.02 Å². The van der Waals surface area contributed by atoms with Crippen molar-refractivity contribution < 1.29 is 0 Å². The minimum Gasteiger partial charge on any atom is -0.370 e. The number of hydrogen-bond acceptors (Lipinski definition) is 4. The summed E-state index contributed by atoms with van der Waals surface area (Å²) in [4.78, 5) is 20.4. The van der Waals surface area contributed by atoms with Crippen LogP contribution in [-0.2, 0) is 6.54 Å². The van der Waals surface area contributed by atoms with E-state index in [-0.39, 0.29) is 5.56 Å². The van der Waals surface area contributed by atoms with Gasteiger partial charge in [0.25, 0.3) is 5.56 Å². The molecule has 0 spiro atoms. The standard InChI is InChI=1S/C14H17ClN4O/c1-3-6-16-13-5-4-11(15)12(18-13)8-19-9-17-10(2)7-14(19)20/h4-5,7,9H,3,6,8H2,1-2H3,(H,16,18). The molecule has 1 N–H and O–H groups in total. The van der Waals surface area contributed by atoms with Gasteiger partial charge in [0.2, 0.25) is 0 Å². The molecule has 0 aliphatic rings. The zero-order valence-electron chi connectivity index (χ0n) is 11.6. The number of aromatic nitrogens is 3. The minimum absolute atomic E-state index is 0.109. The Balaban J connectivity index is 2.25. The fourth-order valence-electron chi connectivity index (χ4n) is 1.74. The number of nitrogens with zero attached hydrogens (tertiary/aromatic N) is 3. The molecule has 0 aliphatic carbocycles. The molecule has 0 saturated carbocycles. The average Bonchev–Trinajstić information content (AvgIpc) is 2.42. The van der Waals surface area contributed by atoms with Gasteiger partial charge in [0.05, 0.1) is 23.6 Å². The lowest BCUT2D eigenvalue weighted by molar-refractivity contribution is 0.714. The molecule has 0 unspecified atom stereocenters. The van der Waals surface area contributed by atoms with E-state index in [1.54, 1.807) is 13.0 Å². The quantitative estimate of drug-likeness (QED) is 0.920. The highest BCUT2D eigenvalue weighted by atomic mass is 35.5. The molecule has 0 amide bonds. The molecule has 2 heterocycles. The summed E-state index contributed by atoms with van der Waals surface area (Å²) in [7, 11) is 0. The Hall–Kier alpha value is -1.88. The summed E-state index contributed by atoms with van der Waals surface area (Å²) in [6.07, 6.45) is 2.53. The monoisotopic (exact) mass is 292 g/mol. The summed E-state index contributed by atoms with van der Waals surface area (Å²) in [5, 5.41) is 3.74. The third-order valence-electron chi connectivity index (χ3n) is 2.81. The van der Waals surface area contributed by atoms with E-state index in [1.165, 1.54) is 17.0 Å². The summed E-state index contributed by atoms with van der Waals surface area (Å²) >= 11 is 6.14. The van der Waals surface area contributed by atoms with Gasteiger partial charge in [-0.15, -0.1) is 0 Å². The van der Waals surface area contributed by atoms with Crippen molar-refractivity contribution in [3.63, 3.8) is 0 Å². The normalized spacial score (nSPS) is 10.6. The number of rotatable bonds is 5. The van der Waals surface area contributed by atoms with E-state index in [9.17, 15) is 4.79 Å². The Morgan fingerprint density at radius 2 is 2.20 bits per heavy atom. The molecule has 2 aromatic rings. The van der Waals surface area contributed by atoms with Crippen molar-refractivity contribution in [2.24, 2.45) is 0 Å². The van der Waals surface area contributed by atoms with Crippen LogP contribution >= 0.6 is 11.6 Å². The molecule has 2 aromatic heterocycles. The smallest absolute Gasteiger partial charge is 0.253 e. The summed E-state index contributed by atoms with van der Waals surface area (Å²) in [5.74, 6) is 0.763. The number of halogens is 1. The van der Waals surface area contributed by atoms with Crippen LogP contribution in [0.1, 0.15) is 24.7 Å². The molecular weight excluding hydrogens is 276 g/mol. The summed E-state index contributed by atoms with van der Waals surface area (Å²) < 4.78 is 1.49. The maximum Gasteiger partial charge on any atom is 0.253 e. The maximum absolute atomic E-state index is 11.8. The van der Waals surface area contributed by atoms with Gasteiger partial charge in [0.1, 0.15) is 5.82 Å². The van der Waals surface area contributed by atoms with Gasteiger partial charge in [-0.25, -0.2) is 9.97 Å². The minimum atomic E-state index is -0.109. The van der Waals surface area contributed by atoms with Crippen molar-refractivity contribution in [3.05, 3.63) is 51.3 Å². The van der Waals surface area contributed by atoms with Gasteiger partial charge in [-0.1, -0.05) is 18.5 Å². The van der Waals surface area contributed by atoms with E-state index >= 15 is 0 Å². The van der Waals surface area contributed by atoms with Crippen molar-refractivity contribution in [1.29, 1.82) is 0 Å². The fourth-order valence-corrected chi connectivity index (χ4v) is 1.91. The zero-order valence-corrected chi connectivity index (χ0v) is 12.3. The first-order valence-electron chi connectivity index (χ1n) is 6.52. The molecule has 0 fully saturated rings.